The summed E-state index contributed by atoms with van der Waals surface area (Å²) in [5, 5.41) is 5.87. The monoisotopic (exact) mass is 255 g/mol. The van der Waals surface area contributed by atoms with E-state index in [2.05, 4.69) is 31.5 Å². The maximum Gasteiger partial charge on any atom is 0.250 e. The summed E-state index contributed by atoms with van der Waals surface area (Å²) < 4.78 is 0.885. The van der Waals surface area contributed by atoms with Gasteiger partial charge in [0.15, 0.2) is 5.82 Å². The minimum absolute atomic E-state index is 0.0696. The predicted molar refractivity (Wildman–Crippen MR) is 58.3 cm³/mol. The molecule has 14 heavy (non-hydrogen) atoms. The zero-order valence-corrected chi connectivity index (χ0v) is 9.47. The Bertz CT molecular complexity index is 403. The number of anilines is 2. The van der Waals surface area contributed by atoms with Crippen molar-refractivity contribution in [3.63, 3.8) is 0 Å². The Kier molecular flexibility index (Phi) is 1.99. The molecule has 0 saturated heterocycles. The first-order chi connectivity index (χ1) is 6.49. The average molecular weight is 256 g/mol. The van der Waals surface area contributed by atoms with Crippen molar-refractivity contribution < 1.29 is 4.79 Å². The molecule has 5 heteroatoms. The van der Waals surface area contributed by atoms with E-state index in [4.69, 9.17) is 0 Å². The van der Waals surface area contributed by atoms with E-state index >= 15 is 0 Å². The van der Waals surface area contributed by atoms with Crippen molar-refractivity contribution in [2.45, 2.75) is 19.4 Å². The number of aromatic nitrogens is 1. The lowest BCUT2D eigenvalue weighted by Crippen LogP contribution is -2.47. The quantitative estimate of drug-likeness (QED) is 0.746. The number of carbonyl (C=O) groups is 1. The van der Waals surface area contributed by atoms with E-state index in [9.17, 15) is 4.79 Å². The van der Waals surface area contributed by atoms with Gasteiger partial charge in [0.2, 0.25) is 0 Å². The van der Waals surface area contributed by atoms with Gasteiger partial charge < -0.3 is 10.6 Å². The van der Waals surface area contributed by atoms with Gasteiger partial charge in [-0.15, -0.1) is 0 Å². The van der Waals surface area contributed by atoms with Crippen molar-refractivity contribution >= 4 is 33.3 Å². The van der Waals surface area contributed by atoms with Gasteiger partial charge in [-0.2, -0.15) is 0 Å². The summed E-state index contributed by atoms with van der Waals surface area (Å²) in [6.45, 7) is 3.65. The van der Waals surface area contributed by atoms with Crippen LogP contribution in [0.15, 0.2) is 16.7 Å². The third-order valence-electron chi connectivity index (χ3n) is 2.10. The highest BCUT2D eigenvalue weighted by atomic mass is 79.9. The van der Waals surface area contributed by atoms with Gasteiger partial charge >= 0.3 is 0 Å². The summed E-state index contributed by atoms with van der Waals surface area (Å²) in [6.07, 6.45) is 1.65. The zero-order valence-electron chi connectivity index (χ0n) is 7.89. The molecule has 0 atom stereocenters. The van der Waals surface area contributed by atoms with Crippen LogP contribution >= 0.6 is 15.9 Å². The molecule has 0 unspecified atom stereocenters. The molecular weight excluding hydrogens is 246 g/mol. The first-order valence-corrected chi connectivity index (χ1v) is 5.03. The van der Waals surface area contributed by atoms with Crippen molar-refractivity contribution in [2.24, 2.45) is 0 Å². The smallest absolute Gasteiger partial charge is 0.250 e. The highest BCUT2D eigenvalue weighted by Crippen LogP contribution is 2.30. The Hall–Kier alpha value is -1.10. The largest absolute Gasteiger partial charge is 0.369 e. The van der Waals surface area contributed by atoms with Gasteiger partial charge in [0.05, 0.1) is 5.69 Å². The molecule has 2 N–H and O–H groups in total. The lowest BCUT2D eigenvalue weighted by Gasteiger charge is -2.31. The summed E-state index contributed by atoms with van der Waals surface area (Å²) in [7, 11) is 0. The Morgan fingerprint density at radius 1 is 1.50 bits per heavy atom. The summed E-state index contributed by atoms with van der Waals surface area (Å²) in [5.41, 5.74) is 0.249. The van der Waals surface area contributed by atoms with Crippen LogP contribution in [-0.4, -0.2) is 16.4 Å². The average Bonchev–Trinajstić information content (AvgIpc) is 2.07. The van der Waals surface area contributed by atoms with E-state index in [0.717, 1.165) is 10.2 Å². The van der Waals surface area contributed by atoms with E-state index in [-0.39, 0.29) is 5.91 Å². The molecule has 0 aliphatic carbocycles. The molecule has 1 aliphatic rings. The number of fused-ring (bicyclic) bond motifs is 1. The molecule has 74 valence electrons. The summed E-state index contributed by atoms with van der Waals surface area (Å²) in [6, 6.07) is 1.89. The van der Waals surface area contributed by atoms with Crippen LogP contribution in [0.2, 0.25) is 0 Å². The van der Waals surface area contributed by atoms with E-state index < -0.39 is 5.54 Å². The molecule has 2 heterocycles. The highest BCUT2D eigenvalue weighted by molar-refractivity contribution is 9.10. The Morgan fingerprint density at radius 2 is 2.21 bits per heavy atom. The molecule has 1 amide bonds. The SMILES string of the molecule is CC1(C)Nc2cc(Br)cnc2NC1=O. The predicted octanol–water partition coefficient (Wildman–Crippen LogP) is 1.99. The number of hydrogen-bond donors (Lipinski definition) is 2. The molecular formula is C9H10BrN3O. The number of nitrogens with zero attached hydrogens (tertiary/aromatic N) is 1. The van der Waals surface area contributed by atoms with Crippen LogP contribution < -0.4 is 10.6 Å². The Morgan fingerprint density at radius 3 is 2.93 bits per heavy atom. The number of pyridine rings is 1. The summed E-state index contributed by atoms with van der Waals surface area (Å²) >= 11 is 3.33. The molecule has 1 aliphatic heterocycles. The third kappa shape index (κ3) is 1.48. The van der Waals surface area contributed by atoms with Crippen LogP contribution in [0.4, 0.5) is 11.5 Å². The van der Waals surface area contributed by atoms with Crippen molar-refractivity contribution in [2.75, 3.05) is 10.6 Å². The minimum atomic E-state index is -0.588. The topological polar surface area (TPSA) is 54.0 Å². The number of rotatable bonds is 0. The van der Waals surface area contributed by atoms with Gasteiger partial charge in [-0.3, -0.25) is 4.79 Å². The van der Waals surface area contributed by atoms with Crippen LogP contribution in [0.5, 0.6) is 0 Å². The molecule has 0 aromatic carbocycles. The lowest BCUT2D eigenvalue weighted by atomic mass is 10.0. The van der Waals surface area contributed by atoms with Crippen molar-refractivity contribution in [3.8, 4) is 0 Å². The van der Waals surface area contributed by atoms with Gasteiger partial charge in [-0.05, 0) is 35.8 Å². The van der Waals surface area contributed by atoms with Crippen LogP contribution in [0.25, 0.3) is 0 Å². The van der Waals surface area contributed by atoms with Gasteiger partial charge in [-0.25, -0.2) is 4.98 Å². The van der Waals surface area contributed by atoms with Gasteiger partial charge in [-0.1, -0.05) is 0 Å². The van der Waals surface area contributed by atoms with E-state index in [1.54, 1.807) is 6.20 Å². The molecule has 2 rings (SSSR count). The lowest BCUT2D eigenvalue weighted by molar-refractivity contribution is -0.119. The fourth-order valence-electron chi connectivity index (χ4n) is 1.29. The van der Waals surface area contributed by atoms with Crippen LogP contribution in [0.1, 0.15) is 13.8 Å². The number of amides is 1. The van der Waals surface area contributed by atoms with E-state index in [1.807, 2.05) is 19.9 Å². The standard InChI is InChI=1S/C9H10BrN3O/c1-9(2)8(14)12-7-6(13-9)3-5(10)4-11-7/h3-4,13H,1-2H3,(H,11,12,14). The van der Waals surface area contributed by atoms with E-state index in [0.29, 0.717) is 5.82 Å². The highest BCUT2D eigenvalue weighted by Gasteiger charge is 2.33. The fraction of sp³-hybridized carbons (Fsp3) is 0.333. The number of hydrogen-bond acceptors (Lipinski definition) is 3. The van der Waals surface area contributed by atoms with Crippen LogP contribution in [-0.2, 0) is 4.79 Å². The molecule has 4 nitrogen and oxygen atoms in total. The van der Waals surface area contributed by atoms with Crippen molar-refractivity contribution in [1.29, 1.82) is 0 Å². The van der Waals surface area contributed by atoms with Crippen LogP contribution in [0, 0.1) is 0 Å². The number of carbonyl (C=O) groups excluding carboxylic acids is 1. The molecule has 0 saturated carbocycles. The fourth-order valence-corrected chi connectivity index (χ4v) is 1.62. The van der Waals surface area contributed by atoms with Gasteiger partial charge in [0, 0.05) is 10.7 Å². The molecule has 1 aromatic rings. The Balaban J connectivity index is 2.46. The minimum Gasteiger partial charge on any atom is -0.369 e. The van der Waals surface area contributed by atoms with Crippen molar-refractivity contribution in [1.82, 2.24) is 4.98 Å². The van der Waals surface area contributed by atoms with Gasteiger partial charge in [0.25, 0.3) is 5.91 Å². The number of nitrogens with one attached hydrogen (secondary N) is 2. The van der Waals surface area contributed by atoms with E-state index in [1.165, 1.54) is 0 Å². The van der Waals surface area contributed by atoms with Crippen molar-refractivity contribution in [3.05, 3.63) is 16.7 Å². The second kappa shape index (κ2) is 2.95. The molecule has 0 spiro atoms. The third-order valence-corrected chi connectivity index (χ3v) is 2.53. The first kappa shape index (κ1) is 9.45. The second-order valence-corrected chi connectivity index (χ2v) is 4.67. The number of halogens is 1. The molecule has 0 fully saturated rings. The molecule has 0 radical (unpaired) electrons. The Labute approximate surface area is 90.2 Å². The maximum absolute atomic E-state index is 11.5. The molecule has 0 bridgehead atoms. The summed E-state index contributed by atoms with van der Waals surface area (Å²) in [5.74, 6) is 0.511. The normalized spacial score (nSPS) is 18.1. The maximum atomic E-state index is 11.5. The zero-order chi connectivity index (χ0) is 10.3. The van der Waals surface area contributed by atoms with Gasteiger partial charge in [0.1, 0.15) is 5.54 Å². The molecule has 1 aromatic heterocycles. The second-order valence-electron chi connectivity index (χ2n) is 3.75. The van der Waals surface area contributed by atoms with Crippen LogP contribution in [0.3, 0.4) is 0 Å². The first-order valence-electron chi connectivity index (χ1n) is 4.24. The summed E-state index contributed by atoms with van der Waals surface area (Å²) in [4.78, 5) is 15.6.